The highest BCUT2D eigenvalue weighted by atomic mass is 19.4. The molecule has 1 atom stereocenters. The SMILES string of the molecule is O[C@@H](CNCCc1ccc(C(F)(F)F)cc1)COc1cccc2ccccc12. The van der Waals surface area contributed by atoms with Crippen LogP contribution < -0.4 is 10.1 Å². The Labute approximate surface area is 161 Å². The van der Waals surface area contributed by atoms with Crippen molar-refractivity contribution in [2.45, 2.75) is 18.7 Å². The molecule has 0 fully saturated rings. The molecule has 0 aliphatic heterocycles. The van der Waals surface area contributed by atoms with Crippen LogP contribution in [0.1, 0.15) is 11.1 Å². The number of ether oxygens (including phenoxy) is 1. The van der Waals surface area contributed by atoms with Crippen molar-refractivity contribution >= 4 is 10.8 Å². The number of aliphatic hydroxyl groups excluding tert-OH is 1. The highest BCUT2D eigenvalue weighted by Crippen LogP contribution is 2.29. The zero-order chi connectivity index (χ0) is 20.0. The lowest BCUT2D eigenvalue weighted by molar-refractivity contribution is -0.137. The first-order chi connectivity index (χ1) is 13.4. The van der Waals surface area contributed by atoms with Gasteiger partial charge in [0.25, 0.3) is 0 Å². The van der Waals surface area contributed by atoms with E-state index >= 15 is 0 Å². The predicted molar refractivity (Wildman–Crippen MR) is 103 cm³/mol. The van der Waals surface area contributed by atoms with E-state index in [0.717, 1.165) is 34.2 Å². The summed E-state index contributed by atoms with van der Waals surface area (Å²) in [6, 6.07) is 18.8. The third-order valence-corrected chi connectivity index (χ3v) is 4.43. The van der Waals surface area contributed by atoms with Crippen LogP contribution in [0.25, 0.3) is 10.8 Å². The minimum atomic E-state index is -4.31. The lowest BCUT2D eigenvalue weighted by Crippen LogP contribution is -2.32. The quantitative estimate of drug-likeness (QED) is 0.560. The molecule has 0 amide bonds. The number of fused-ring (bicyclic) bond motifs is 1. The summed E-state index contributed by atoms with van der Waals surface area (Å²) < 4.78 is 43.4. The summed E-state index contributed by atoms with van der Waals surface area (Å²) in [5.74, 6) is 0.724. The number of halogens is 3. The average Bonchev–Trinajstić information content (AvgIpc) is 2.69. The van der Waals surface area contributed by atoms with E-state index < -0.39 is 17.8 Å². The van der Waals surface area contributed by atoms with Crippen LogP contribution in [0.3, 0.4) is 0 Å². The Morgan fingerprint density at radius 2 is 1.64 bits per heavy atom. The number of hydrogen-bond donors (Lipinski definition) is 2. The van der Waals surface area contributed by atoms with Gasteiger partial charge in [-0.25, -0.2) is 0 Å². The van der Waals surface area contributed by atoms with E-state index in [9.17, 15) is 18.3 Å². The average molecular weight is 389 g/mol. The molecule has 0 spiro atoms. The van der Waals surface area contributed by atoms with Crippen molar-refractivity contribution in [1.82, 2.24) is 5.32 Å². The van der Waals surface area contributed by atoms with Crippen molar-refractivity contribution in [2.24, 2.45) is 0 Å². The second-order valence-electron chi connectivity index (χ2n) is 6.59. The first kappa shape index (κ1) is 20.2. The van der Waals surface area contributed by atoms with Gasteiger partial charge in [0, 0.05) is 11.9 Å². The zero-order valence-electron chi connectivity index (χ0n) is 15.2. The summed E-state index contributed by atoms with van der Waals surface area (Å²) >= 11 is 0. The summed E-state index contributed by atoms with van der Waals surface area (Å²) in [6.07, 6.45) is -4.42. The van der Waals surface area contributed by atoms with Gasteiger partial charge in [0.15, 0.2) is 0 Å². The van der Waals surface area contributed by atoms with Crippen LogP contribution in [-0.4, -0.2) is 30.9 Å². The smallest absolute Gasteiger partial charge is 0.416 e. The van der Waals surface area contributed by atoms with Gasteiger partial charge >= 0.3 is 6.18 Å². The molecule has 2 N–H and O–H groups in total. The number of aliphatic hydroxyl groups is 1. The highest BCUT2D eigenvalue weighted by molar-refractivity contribution is 5.88. The fourth-order valence-electron chi connectivity index (χ4n) is 2.93. The van der Waals surface area contributed by atoms with Gasteiger partial charge in [-0.15, -0.1) is 0 Å². The Morgan fingerprint density at radius 3 is 2.39 bits per heavy atom. The predicted octanol–water partition coefficient (Wildman–Crippen LogP) is 4.43. The summed E-state index contributed by atoms with van der Waals surface area (Å²) in [4.78, 5) is 0. The van der Waals surface area contributed by atoms with E-state index in [-0.39, 0.29) is 6.61 Å². The first-order valence-electron chi connectivity index (χ1n) is 9.09. The van der Waals surface area contributed by atoms with Crippen LogP contribution in [0.5, 0.6) is 5.75 Å². The maximum absolute atomic E-state index is 12.5. The van der Waals surface area contributed by atoms with Crippen LogP contribution in [-0.2, 0) is 12.6 Å². The van der Waals surface area contributed by atoms with Gasteiger partial charge < -0.3 is 15.2 Å². The standard InChI is InChI=1S/C22H22F3NO2/c23-22(24,25)18-10-8-16(9-11-18)12-13-26-14-19(27)15-28-21-7-3-5-17-4-1-2-6-20(17)21/h1-11,19,26-27H,12-15H2/t19-/m0/s1. The molecule has 0 aliphatic carbocycles. The summed E-state index contributed by atoms with van der Waals surface area (Å²) in [7, 11) is 0. The maximum atomic E-state index is 12.5. The van der Waals surface area contributed by atoms with Gasteiger partial charge in [0.1, 0.15) is 18.5 Å². The number of alkyl halides is 3. The van der Waals surface area contributed by atoms with Crippen LogP contribution in [0, 0.1) is 0 Å². The molecular formula is C22H22F3NO2. The number of benzene rings is 3. The second-order valence-corrected chi connectivity index (χ2v) is 6.59. The molecule has 3 rings (SSSR count). The van der Waals surface area contributed by atoms with E-state index in [1.54, 1.807) is 0 Å². The lowest BCUT2D eigenvalue weighted by Gasteiger charge is -2.15. The van der Waals surface area contributed by atoms with Crippen LogP contribution in [0.2, 0.25) is 0 Å². The lowest BCUT2D eigenvalue weighted by atomic mass is 10.1. The zero-order valence-corrected chi connectivity index (χ0v) is 15.2. The van der Waals surface area contributed by atoms with E-state index in [0.29, 0.717) is 19.5 Å². The third-order valence-electron chi connectivity index (χ3n) is 4.43. The number of nitrogens with one attached hydrogen (secondary N) is 1. The van der Waals surface area contributed by atoms with Gasteiger partial charge in [0.2, 0.25) is 0 Å². The van der Waals surface area contributed by atoms with Crippen molar-refractivity contribution in [3.8, 4) is 5.75 Å². The van der Waals surface area contributed by atoms with Gasteiger partial charge in [-0.3, -0.25) is 0 Å². The van der Waals surface area contributed by atoms with E-state index in [2.05, 4.69) is 5.32 Å². The van der Waals surface area contributed by atoms with E-state index in [4.69, 9.17) is 4.74 Å². The summed E-state index contributed by atoms with van der Waals surface area (Å²) in [5.41, 5.74) is 0.159. The molecule has 0 heterocycles. The Bertz CT molecular complexity index is 889. The molecule has 148 valence electrons. The molecular weight excluding hydrogens is 367 g/mol. The van der Waals surface area contributed by atoms with Crippen molar-refractivity contribution in [2.75, 3.05) is 19.7 Å². The summed E-state index contributed by atoms with van der Waals surface area (Å²) in [6.45, 7) is 1.05. The molecule has 28 heavy (non-hydrogen) atoms. The number of hydrogen-bond acceptors (Lipinski definition) is 3. The Morgan fingerprint density at radius 1 is 0.929 bits per heavy atom. The van der Waals surface area contributed by atoms with E-state index in [1.807, 2.05) is 42.5 Å². The molecule has 0 aliphatic rings. The fourth-order valence-corrected chi connectivity index (χ4v) is 2.93. The minimum Gasteiger partial charge on any atom is -0.490 e. The topological polar surface area (TPSA) is 41.5 Å². The first-order valence-corrected chi connectivity index (χ1v) is 9.09. The molecule has 0 saturated heterocycles. The van der Waals surface area contributed by atoms with Gasteiger partial charge in [-0.05, 0) is 42.1 Å². The van der Waals surface area contributed by atoms with Crippen LogP contribution >= 0.6 is 0 Å². The molecule has 0 radical (unpaired) electrons. The van der Waals surface area contributed by atoms with Crippen molar-refractivity contribution in [1.29, 1.82) is 0 Å². The largest absolute Gasteiger partial charge is 0.490 e. The third kappa shape index (κ3) is 5.47. The molecule has 6 heteroatoms. The molecule has 0 aromatic heterocycles. The Kier molecular flexibility index (Phi) is 6.54. The second kappa shape index (κ2) is 9.08. The molecule has 3 aromatic carbocycles. The highest BCUT2D eigenvalue weighted by Gasteiger charge is 2.29. The van der Waals surface area contributed by atoms with Gasteiger partial charge in [-0.2, -0.15) is 13.2 Å². The fraction of sp³-hybridized carbons (Fsp3) is 0.273. The van der Waals surface area contributed by atoms with Crippen molar-refractivity contribution in [3.63, 3.8) is 0 Å². The molecule has 0 saturated carbocycles. The van der Waals surface area contributed by atoms with Crippen LogP contribution in [0.4, 0.5) is 13.2 Å². The van der Waals surface area contributed by atoms with Crippen molar-refractivity contribution < 1.29 is 23.0 Å². The molecule has 0 unspecified atom stereocenters. The Balaban J connectivity index is 1.40. The molecule has 0 bridgehead atoms. The van der Waals surface area contributed by atoms with E-state index in [1.165, 1.54) is 12.1 Å². The van der Waals surface area contributed by atoms with Crippen LogP contribution in [0.15, 0.2) is 66.7 Å². The van der Waals surface area contributed by atoms with Gasteiger partial charge in [0.05, 0.1) is 5.56 Å². The maximum Gasteiger partial charge on any atom is 0.416 e. The normalized spacial score (nSPS) is 12.9. The number of rotatable bonds is 8. The van der Waals surface area contributed by atoms with Crippen molar-refractivity contribution in [3.05, 3.63) is 77.9 Å². The van der Waals surface area contributed by atoms with Gasteiger partial charge in [-0.1, -0.05) is 48.5 Å². The summed E-state index contributed by atoms with van der Waals surface area (Å²) in [5, 5.41) is 15.3. The molecule has 3 aromatic rings. The Hall–Kier alpha value is -2.57. The molecule has 3 nitrogen and oxygen atoms in total. The minimum absolute atomic E-state index is 0.154. The monoisotopic (exact) mass is 389 g/mol.